The highest BCUT2D eigenvalue weighted by Crippen LogP contribution is 1.93. The van der Waals surface area contributed by atoms with Crippen molar-refractivity contribution in [3.05, 3.63) is 36.3 Å². The van der Waals surface area contributed by atoms with Crippen molar-refractivity contribution in [1.82, 2.24) is 0 Å². The van der Waals surface area contributed by atoms with Gasteiger partial charge in [-0.2, -0.15) is 0 Å². The Morgan fingerprint density at radius 1 is 1.06 bits per heavy atom. The van der Waals surface area contributed by atoms with Crippen LogP contribution in [0.2, 0.25) is 0 Å². The molecule has 0 aliphatic carbocycles. The van der Waals surface area contributed by atoms with Crippen molar-refractivity contribution in [3.8, 4) is 0 Å². The van der Waals surface area contributed by atoms with E-state index in [0.717, 1.165) is 6.08 Å². The maximum Gasteiger partial charge on any atom is 0.327 e. The summed E-state index contributed by atoms with van der Waals surface area (Å²) in [4.78, 5) is 9.25. The lowest BCUT2D eigenvalue weighted by Gasteiger charge is -1.91. The third-order valence-corrected chi connectivity index (χ3v) is 0.882. The number of carboxylic acids is 1. The minimum Gasteiger partial charge on any atom is -0.478 e. The number of carboxylic acid groups (broad SMARTS) is 1. The lowest BCUT2D eigenvalue weighted by atomic mass is 10.4. The van der Waals surface area contributed by atoms with Crippen molar-refractivity contribution in [2.45, 2.75) is 27.7 Å². The second kappa shape index (κ2) is 17.8. The third kappa shape index (κ3) is 47.2. The summed E-state index contributed by atoms with van der Waals surface area (Å²) in [5.41, 5.74) is 2.35. The van der Waals surface area contributed by atoms with Crippen molar-refractivity contribution in [2.24, 2.45) is 0 Å². The molecular formula is C13H24O5. The summed E-state index contributed by atoms with van der Waals surface area (Å²) < 4.78 is 5.03. The zero-order chi connectivity index (χ0) is 15.0. The van der Waals surface area contributed by atoms with E-state index in [4.69, 9.17) is 20.1 Å². The number of carbonyl (C=O) groups is 1. The normalized spacial score (nSPS) is 7.44. The van der Waals surface area contributed by atoms with Gasteiger partial charge in [0.2, 0.25) is 0 Å². The van der Waals surface area contributed by atoms with Gasteiger partial charge in [0.05, 0.1) is 25.7 Å². The molecule has 3 N–H and O–H groups in total. The summed E-state index contributed by atoms with van der Waals surface area (Å²) in [6, 6.07) is 0. The molecule has 5 nitrogen and oxygen atoms in total. The van der Waals surface area contributed by atoms with E-state index >= 15 is 0 Å². The first-order valence-electron chi connectivity index (χ1n) is 5.31. The summed E-state index contributed by atoms with van der Waals surface area (Å²) in [6.45, 7) is 10.7. The molecule has 0 bridgehead atoms. The molecule has 0 aliphatic rings. The van der Waals surface area contributed by atoms with Crippen LogP contribution in [0.4, 0.5) is 0 Å². The molecule has 0 heterocycles. The molecule has 0 aliphatic heterocycles. The van der Waals surface area contributed by atoms with Crippen molar-refractivity contribution in [1.29, 1.82) is 0 Å². The van der Waals surface area contributed by atoms with E-state index in [1.54, 1.807) is 12.5 Å². The van der Waals surface area contributed by atoms with Gasteiger partial charge in [0, 0.05) is 6.08 Å². The van der Waals surface area contributed by atoms with Crippen LogP contribution in [0, 0.1) is 0 Å². The van der Waals surface area contributed by atoms with Gasteiger partial charge in [-0.15, -0.1) is 0 Å². The van der Waals surface area contributed by atoms with Crippen LogP contribution in [0.5, 0.6) is 0 Å². The molecular weight excluding hydrogens is 236 g/mol. The van der Waals surface area contributed by atoms with Gasteiger partial charge in [-0.05, 0) is 38.8 Å². The predicted molar refractivity (Wildman–Crippen MR) is 72.0 cm³/mol. The number of allylic oxidation sites excluding steroid dienone is 2. The molecule has 0 rings (SSSR count). The van der Waals surface area contributed by atoms with Gasteiger partial charge in [-0.25, -0.2) is 4.79 Å². The van der Waals surface area contributed by atoms with Crippen molar-refractivity contribution in [3.63, 3.8) is 0 Å². The smallest absolute Gasteiger partial charge is 0.327 e. The number of aliphatic carboxylic acids is 1. The third-order valence-electron chi connectivity index (χ3n) is 0.882. The number of ether oxygens (including phenoxy) is 1. The fourth-order valence-electron chi connectivity index (χ4n) is 0.306. The van der Waals surface area contributed by atoms with Gasteiger partial charge < -0.3 is 20.1 Å². The monoisotopic (exact) mass is 260 g/mol. The van der Waals surface area contributed by atoms with Crippen molar-refractivity contribution < 1.29 is 24.9 Å². The standard InChI is InChI=1S/C8H14O.C3H4O2.C2H6O2/c1-7(2)5-9-6-8(3)4;1-2-3(4)5;3-1-2-4/h5-6H,1-4H3;2H,1H2,(H,4,5);3-4H,1-2H2. The van der Waals surface area contributed by atoms with Crippen molar-refractivity contribution in [2.75, 3.05) is 13.2 Å². The van der Waals surface area contributed by atoms with E-state index in [-0.39, 0.29) is 13.2 Å². The largest absolute Gasteiger partial charge is 0.478 e. The molecule has 18 heavy (non-hydrogen) atoms. The molecule has 0 saturated heterocycles. The average molecular weight is 260 g/mol. The summed E-state index contributed by atoms with van der Waals surface area (Å²) in [5, 5.41) is 22.9. The molecule has 0 spiro atoms. The molecule has 5 heteroatoms. The van der Waals surface area contributed by atoms with E-state index < -0.39 is 5.97 Å². The van der Waals surface area contributed by atoms with E-state index in [1.807, 2.05) is 27.7 Å². The Morgan fingerprint density at radius 3 is 1.44 bits per heavy atom. The van der Waals surface area contributed by atoms with Gasteiger partial charge >= 0.3 is 5.97 Å². The Bertz CT molecular complexity index is 241. The lowest BCUT2D eigenvalue weighted by Crippen LogP contribution is -1.85. The van der Waals surface area contributed by atoms with Gasteiger partial charge in [0.25, 0.3) is 0 Å². The second-order valence-electron chi connectivity index (χ2n) is 3.52. The zero-order valence-electron chi connectivity index (χ0n) is 11.5. The number of rotatable bonds is 4. The molecule has 0 atom stereocenters. The molecule has 106 valence electrons. The van der Waals surface area contributed by atoms with Gasteiger partial charge in [-0.1, -0.05) is 6.58 Å². The van der Waals surface area contributed by atoms with Crippen LogP contribution < -0.4 is 0 Å². The Labute approximate surface area is 109 Å². The summed E-state index contributed by atoms with van der Waals surface area (Å²) in [5.74, 6) is -0.981. The number of hydrogen-bond acceptors (Lipinski definition) is 4. The number of hydrogen-bond donors (Lipinski definition) is 3. The molecule has 0 aromatic rings. The average Bonchev–Trinajstić information content (AvgIpc) is 2.29. The minimum absolute atomic E-state index is 0.125. The predicted octanol–water partition coefficient (Wildman–Crippen LogP) is 2.08. The fraction of sp³-hybridized carbons (Fsp3) is 0.462. The molecule has 0 fully saturated rings. The second-order valence-corrected chi connectivity index (χ2v) is 3.52. The molecule has 0 radical (unpaired) electrons. The van der Waals surface area contributed by atoms with E-state index in [2.05, 4.69) is 6.58 Å². The zero-order valence-corrected chi connectivity index (χ0v) is 11.5. The van der Waals surface area contributed by atoms with Crippen LogP contribution in [-0.2, 0) is 9.53 Å². The van der Waals surface area contributed by atoms with Crippen molar-refractivity contribution >= 4 is 5.97 Å². The fourth-order valence-corrected chi connectivity index (χ4v) is 0.306. The van der Waals surface area contributed by atoms with E-state index in [0.29, 0.717) is 0 Å². The van der Waals surface area contributed by atoms with Gasteiger partial charge in [-0.3, -0.25) is 0 Å². The Morgan fingerprint density at radius 2 is 1.33 bits per heavy atom. The minimum atomic E-state index is -0.981. The quantitative estimate of drug-likeness (QED) is 0.532. The number of aliphatic hydroxyl groups is 2. The molecule has 0 aromatic heterocycles. The Balaban J connectivity index is -0.000000212. The molecule has 0 unspecified atom stereocenters. The maximum atomic E-state index is 9.25. The lowest BCUT2D eigenvalue weighted by molar-refractivity contribution is -0.131. The topological polar surface area (TPSA) is 87.0 Å². The van der Waals surface area contributed by atoms with Crippen LogP contribution in [-0.4, -0.2) is 34.5 Å². The van der Waals surface area contributed by atoms with Crippen LogP contribution in [0.3, 0.4) is 0 Å². The number of aliphatic hydroxyl groups excluding tert-OH is 2. The Hall–Kier alpha value is -1.59. The SMILES string of the molecule is C=CC(=O)O.CC(C)=COC=C(C)C.OCCO. The highest BCUT2D eigenvalue weighted by molar-refractivity contribution is 5.78. The van der Waals surface area contributed by atoms with Gasteiger partial charge in [0.15, 0.2) is 0 Å². The van der Waals surface area contributed by atoms with Crippen LogP contribution >= 0.6 is 0 Å². The highest BCUT2D eigenvalue weighted by atomic mass is 16.5. The maximum absolute atomic E-state index is 9.25. The summed E-state index contributed by atoms with van der Waals surface area (Å²) >= 11 is 0. The molecule has 0 saturated carbocycles. The van der Waals surface area contributed by atoms with Gasteiger partial charge in [0.1, 0.15) is 0 Å². The van der Waals surface area contributed by atoms with E-state index in [9.17, 15) is 4.79 Å². The Kier molecular flexibility index (Phi) is 21.4. The van der Waals surface area contributed by atoms with Crippen LogP contribution in [0.25, 0.3) is 0 Å². The van der Waals surface area contributed by atoms with E-state index in [1.165, 1.54) is 11.1 Å². The van der Waals surface area contributed by atoms with Crippen LogP contribution in [0.15, 0.2) is 36.3 Å². The first-order valence-corrected chi connectivity index (χ1v) is 5.31. The highest BCUT2D eigenvalue weighted by Gasteiger charge is 1.75. The molecule has 0 aromatic carbocycles. The summed E-state index contributed by atoms with van der Waals surface area (Å²) in [7, 11) is 0. The van der Waals surface area contributed by atoms with Crippen LogP contribution in [0.1, 0.15) is 27.7 Å². The summed E-state index contributed by atoms with van der Waals surface area (Å²) in [6.07, 6.45) is 4.29. The molecule has 0 amide bonds. The first-order chi connectivity index (χ1) is 8.31. The first kappa shape index (κ1) is 21.7.